The van der Waals surface area contributed by atoms with E-state index in [2.05, 4.69) is 21.9 Å². The Hall–Kier alpha value is -0.980. The van der Waals surface area contributed by atoms with Crippen LogP contribution in [-0.4, -0.2) is 52.4 Å². The monoisotopic (exact) mass is 314 g/mol. The maximum absolute atomic E-state index is 11.9. The molecule has 0 saturated carbocycles. The van der Waals surface area contributed by atoms with Crippen molar-refractivity contribution in [3.8, 4) is 0 Å². The lowest BCUT2D eigenvalue weighted by molar-refractivity contribution is 0.314. The van der Waals surface area contributed by atoms with E-state index in [0.717, 1.165) is 26.2 Å². The molecule has 0 spiro atoms. The van der Waals surface area contributed by atoms with Gasteiger partial charge in [0.1, 0.15) is 5.02 Å². The van der Waals surface area contributed by atoms with Crippen LogP contribution in [0.3, 0.4) is 0 Å². The van der Waals surface area contributed by atoms with Gasteiger partial charge in [0, 0.05) is 37.7 Å². The lowest BCUT2D eigenvalue weighted by Crippen LogP contribution is -2.36. The smallest absolute Gasteiger partial charge is 0.287 e. The van der Waals surface area contributed by atoms with E-state index >= 15 is 0 Å². The fourth-order valence-corrected chi connectivity index (χ4v) is 3.21. The molecule has 1 aromatic heterocycles. The summed E-state index contributed by atoms with van der Waals surface area (Å²) in [5.41, 5.74) is 0.314. The molecule has 0 radical (unpaired) electrons. The van der Waals surface area contributed by atoms with Crippen molar-refractivity contribution in [2.24, 2.45) is 0 Å². The number of anilines is 1. The molecule has 1 aromatic rings. The van der Waals surface area contributed by atoms with Crippen molar-refractivity contribution >= 4 is 29.1 Å². The van der Waals surface area contributed by atoms with Gasteiger partial charge in [0.05, 0.1) is 18.4 Å². The Kier molecular flexibility index (Phi) is 5.94. The minimum Gasteiger partial charge on any atom is -0.381 e. The highest BCUT2D eigenvalue weighted by Gasteiger charge is 2.11. The van der Waals surface area contributed by atoms with E-state index in [4.69, 9.17) is 11.6 Å². The molecule has 0 bridgehead atoms. The fraction of sp³-hybridized carbons (Fsp3) is 0.538. The number of nitrogens with one attached hydrogen (secondary N) is 1. The summed E-state index contributed by atoms with van der Waals surface area (Å²) in [6.07, 6.45) is 3.21. The van der Waals surface area contributed by atoms with Crippen LogP contribution in [0, 0.1) is 0 Å². The van der Waals surface area contributed by atoms with Crippen LogP contribution in [0.4, 0.5) is 5.69 Å². The maximum Gasteiger partial charge on any atom is 0.287 e. The summed E-state index contributed by atoms with van der Waals surface area (Å²) >= 11 is 8.06. The fourth-order valence-electron chi connectivity index (χ4n) is 2.01. The first-order valence-corrected chi connectivity index (χ1v) is 8.16. The van der Waals surface area contributed by atoms with Gasteiger partial charge in [0.2, 0.25) is 0 Å². The predicted octanol–water partition coefficient (Wildman–Crippen LogP) is 1.54. The van der Waals surface area contributed by atoms with Gasteiger partial charge < -0.3 is 5.32 Å². The molecule has 1 saturated heterocycles. The van der Waals surface area contributed by atoms with Gasteiger partial charge in [-0.05, 0) is 0 Å². The van der Waals surface area contributed by atoms with Crippen LogP contribution < -0.4 is 10.9 Å². The SMILES string of the molecule is C=CCn1ncc(NCCN2CCSCC2)c(Cl)c1=O. The van der Waals surface area contributed by atoms with Crippen LogP contribution >= 0.6 is 23.4 Å². The van der Waals surface area contributed by atoms with Crippen molar-refractivity contribution in [1.29, 1.82) is 0 Å². The Labute approximate surface area is 128 Å². The second-order valence-electron chi connectivity index (χ2n) is 4.53. The highest BCUT2D eigenvalue weighted by Crippen LogP contribution is 2.15. The molecule has 0 unspecified atom stereocenters. The number of nitrogens with zero attached hydrogens (tertiary/aromatic N) is 3. The van der Waals surface area contributed by atoms with Crippen LogP contribution in [0.25, 0.3) is 0 Å². The first kappa shape index (κ1) is 15.4. The second-order valence-corrected chi connectivity index (χ2v) is 6.13. The van der Waals surface area contributed by atoms with E-state index in [9.17, 15) is 4.79 Å². The van der Waals surface area contributed by atoms with E-state index < -0.39 is 0 Å². The molecule has 0 amide bonds. The minimum atomic E-state index is -0.286. The van der Waals surface area contributed by atoms with E-state index in [1.165, 1.54) is 16.2 Å². The summed E-state index contributed by atoms with van der Waals surface area (Å²) in [6.45, 7) is 7.91. The molecular formula is C13H19ClN4OS. The molecule has 7 heteroatoms. The highest BCUT2D eigenvalue weighted by atomic mass is 35.5. The van der Waals surface area contributed by atoms with E-state index in [0.29, 0.717) is 12.2 Å². The Bertz CT molecular complexity index is 514. The van der Waals surface area contributed by atoms with Gasteiger partial charge in [0.25, 0.3) is 5.56 Å². The summed E-state index contributed by atoms with van der Waals surface area (Å²) in [4.78, 5) is 14.3. The third-order valence-corrected chi connectivity index (χ3v) is 4.44. The van der Waals surface area contributed by atoms with Gasteiger partial charge in [-0.1, -0.05) is 17.7 Å². The zero-order chi connectivity index (χ0) is 14.4. The van der Waals surface area contributed by atoms with Crippen LogP contribution in [-0.2, 0) is 6.54 Å². The average Bonchev–Trinajstić information content (AvgIpc) is 2.48. The van der Waals surface area contributed by atoms with Crippen LogP contribution in [0.5, 0.6) is 0 Å². The lowest BCUT2D eigenvalue weighted by atomic mass is 10.4. The molecular weight excluding hydrogens is 296 g/mol. The van der Waals surface area contributed by atoms with Crippen molar-refractivity contribution in [3.63, 3.8) is 0 Å². The van der Waals surface area contributed by atoms with Crippen molar-refractivity contribution in [3.05, 3.63) is 34.2 Å². The molecule has 20 heavy (non-hydrogen) atoms. The molecule has 2 rings (SSSR count). The number of allylic oxidation sites excluding steroid dienone is 1. The van der Waals surface area contributed by atoms with Gasteiger partial charge in [-0.2, -0.15) is 16.9 Å². The molecule has 1 aliphatic heterocycles. The Morgan fingerprint density at radius 2 is 2.25 bits per heavy atom. The third-order valence-electron chi connectivity index (χ3n) is 3.13. The van der Waals surface area contributed by atoms with Crippen LogP contribution in [0.1, 0.15) is 0 Å². The largest absolute Gasteiger partial charge is 0.381 e. The average molecular weight is 315 g/mol. The van der Waals surface area contributed by atoms with Gasteiger partial charge in [0.15, 0.2) is 0 Å². The quantitative estimate of drug-likeness (QED) is 0.807. The van der Waals surface area contributed by atoms with Crippen LogP contribution in [0.2, 0.25) is 5.02 Å². The molecule has 1 N–H and O–H groups in total. The van der Waals surface area contributed by atoms with Gasteiger partial charge in [-0.25, -0.2) is 4.68 Å². The summed E-state index contributed by atoms with van der Waals surface area (Å²) in [6, 6.07) is 0. The van der Waals surface area contributed by atoms with Gasteiger partial charge in [-0.3, -0.25) is 9.69 Å². The normalized spacial score (nSPS) is 16.1. The third kappa shape index (κ3) is 4.01. The summed E-state index contributed by atoms with van der Waals surface area (Å²) in [5, 5.41) is 7.44. The van der Waals surface area contributed by atoms with Crippen molar-refractivity contribution in [2.75, 3.05) is 43.0 Å². The van der Waals surface area contributed by atoms with E-state index in [1.54, 1.807) is 12.3 Å². The van der Waals surface area contributed by atoms with E-state index in [1.807, 2.05) is 11.8 Å². The molecule has 0 atom stereocenters. The summed E-state index contributed by atoms with van der Waals surface area (Å²) in [7, 11) is 0. The molecule has 110 valence electrons. The molecule has 5 nitrogen and oxygen atoms in total. The predicted molar refractivity (Wildman–Crippen MR) is 86.0 cm³/mol. The van der Waals surface area contributed by atoms with E-state index in [-0.39, 0.29) is 10.6 Å². The number of hydrogen-bond donors (Lipinski definition) is 1. The van der Waals surface area contributed by atoms with Crippen molar-refractivity contribution in [2.45, 2.75) is 6.54 Å². The molecule has 1 aliphatic rings. The summed E-state index contributed by atoms with van der Waals surface area (Å²) < 4.78 is 1.29. The number of thioether (sulfide) groups is 1. The lowest BCUT2D eigenvalue weighted by Gasteiger charge is -2.26. The number of hydrogen-bond acceptors (Lipinski definition) is 5. The zero-order valence-electron chi connectivity index (χ0n) is 11.3. The first-order chi connectivity index (χ1) is 9.72. The molecule has 1 fully saturated rings. The Balaban J connectivity index is 1.91. The van der Waals surface area contributed by atoms with Gasteiger partial charge >= 0.3 is 0 Å². The van der Waals surface area contributed by atoms with Crippen molar-refractivity contribution in [1.82, 2.24) is 14.7 Å². The second kappa shape index (κ2) is 7.71. The molecule has 0 aromatic carbocycles. The summed E-state index contributed by atoms with van der Waals surface area (Å²) in [5.74, 6) is 2.39. The number of aromatic nitrogens is 2. The Morgan fingerprint density at radius 1 is 1.50 bits per heavy atom. The topological polar surface area (TPSA) is 50.2 Å². The maximum atomic E-state index is 11.9. The number of rotatable bonds is 6. The molecule has 0 aliphatic carbocycles. The van der Waals surface area contributed by atoms with Gasteiger partial charge in [-0.15, -0.1) is 6.58 Å². The zero-order valence-corrected chi connectivity index (χ0v) is 12.9. The minimum absolute atomic E-state index is 0.191. The highest BCUT2D eigenvalue weighted by molar-refractivity contribution is 7.99. The molecule has 2 heterocycles. The van der Waals surface area contributed by atoms with Crippen molar-refractivity contribution < 1.29 is 0 Å². The number of halogens is 1. The Morgan fingerprint density at radius 3 is 2.95 bits per heavy atom. The standard InChI is InChI=1S/C13H19ClN4OS/c1-2-4-18-13(19)12(14)11(10-16-18)15-3-5-17-6-8-20-9-7-17/h2,10,15H,1,3-9H2. The first-order valence-electron chi connectivity index (χ1n) is 6.63. The van der Waals surface area contributed by atoms with Crippen LogP contribution in [0.15, 0.2) is 23.6 Å².